The van der Waals surface area contributed by atoms with Crippen molar-refractivity contribution in [2.45, 2.75) is 32.4 Å². The third kappa shape index (κ3) is 3.71. The minimum atomic E-state index is -0.461. The van der Waals surface area contributed by atoms with Crippen molar-refractivity contribution in [2.24, 2.45) is 0 Å². The first-order valence-corrected chi connectivity index (χ1v) is 8.23. The second-order valence-corrected chi connectivity index (χ2v) is 6.06. The highest BCUT2D eigenvalue weighted by Crippen LogP contribution is 2.26. The zero-order valence-corrected chi connectivity index (χ0v) is 14.0. The van der Waals surface area contributed by atoms with Crippen LogP contribution in [0, 0.1) is 17.0 Å². The summed E-state index contributed by atoms with van der Waals surface area (Å²) < 4.78 is 10.8. The number of furan rings is 1. The zero-order chi connectivity index (χ0) is 17.8. The van der Waals surface area contributed by atoms with Crippen LogP contribution in [-0.4, -0.2) is 35.0 Å². The maximum atomic E-state index is 13.2. The van der Waals surface area contributed by atoms with E-state index in [1.54, 1.807) is 36.3 Å². The number of rotatable bonds is 5. The summed E-state index contributed by atoms with van der Waals surface area (Å²) in [6.07, 6.45) is 3.04. The lowest BCUT2D eigenvalue weighted by Gasteiger charge is -2.34. The quantitative estimate of drug-likeness (QED) is 0.613. The Morgan fingerprint density at radius 2 is 2.04 bits per heavy atom. The van der Waals surface area contributed by atoms with Crippen LogP contribution < -0.4 is 0 Å². The Balaban J connectivity index is 1.93. The maximum absolute atomic E-state index is 13.2. The average Bonchev–Trinajstić information content (AvgIpc) is 3.13. The van der Waals surface area contributed by atoms with Gasteiger partial charge in [0.15, 0.2) is 0 Å². The molecular weight excluding hydrogens is 324 g/mol. The molecule has 1 aromatic carbocycles. The average molecular weight is 344 g/mol. The van der Waals surface area contributed by atoms with E-state index in [4.69, 9.17) is 9.15 Å². The number of nitro groups is 1. The molecule has 1 aliphatic heterocycles. The highest BCUT2D eigenvalue weighted by molar-refractivity contribution is 5.96. The molecule has 0 spiro atoms. The molecular formula is C18H20N2O5. The molecule has 1 fully saturated rings. The largest absolute Gasteiger partial charge is 0.467 e. The van der Waals surface area contributed by atoms with Crippen LogP contribution in [-0.2, 0) is 11.3 Å². The lowest BCUT2D eigenvalue weighted by molar-refractivity contribution is -0.385. The molecule has 2 heterocycles. The fourth-order valence-corrected chi connectivity index (χ4v) is 3.14. The highest BCUT2D eigenvalue weighted by atomic mass is 16.6. The molecule has 1 aliphatic rings. The number of nitro benzene ring substituents is 1. The van der Waals surface area contributed by atoms with Gasteiger partial charge < -0.3 is 14.1 Å². The Morgan fingerprint density at radius 3 is 2.68 bits per heavy atom. The maximum Gasteiger partial charge on any atom is 0.273 e. The molecule has 7 heteroatoms. The van der Waals surface area contributed by atoms with Gasteiger partial charge in [-0.1, -0.05) is 6.07 Å². The van der Waals surface area contributed by atoms with Gasteiger partial charge >= 0.3 is 0 Å². The Hall–Kier alpha value is -2.67. The molecule has 3 rings (SSSR count). The minimum Gasteiger partial charge on any atom is -0.467 e. The summed E-state index contributed by atoms with van der Waals surface area (Å²) in [6, 6.07) is 8.22. The molecule has 25 heavy (non-hydrogen) atoms. The number of carbonyl (C=O) groups is 1. The van der Waals surface area contributed by atoms with E-state index in [0.29, 0.717) is 36.6 Å². The van der Waals surface area contributed by atoms with Crippen LogP contribution in [0.3, 0.4) is 0 Å². The predicted molar refractivity (Wildman–Crippen MR) is 90.3 cm³/mol. The van der Waals surface area contributed by atoms with Crippen molar-refractivity contribution in [3.05, 3.63) is 63.6 Å². The number of carbonyl (C=O) groups excluding carboxylic acids is 1. The molecule has 0 N–H and O–H groups in total. The Kier molecular flexibility index (Phi) is 5.14. The molecule has 132 valence electrons. The topological polar surface area (TPSA) is 85.8 Å². The van der Waals surface area contributed by atoms with Gasteiger partial charge in [-0.3, -0.25) is 14.9 Å². The van der Waals surface area contributed by atoms with Gasteiger partial charge in [-0.2, -0.15) is 0 Å². The van der Waals surface area contributed by atoms with Gasteiger partial charge in [0.25, 0.3) is 11.6 Å². The first kappa shape index (κ1) is 17.2. The van der Waals surface area contributed by atoms with Gasteiger partial charge in [0.1, 0.15) is 5.76 Å². The van der Waals surface area contributed by atoms with Crippen LogP contribution in [0.25, 0.3) is 0 Å². The summed E-state index contributed by atoms with van der Waals surface area (Å²) >= 11 is 0. The molecule has 1 amide bonds. The Morgan fingerprint density at radius 1 is 1.28 bits per heavy atom. The van der Waals surface area contributed by atoms with Gasteiger partial charge in [-0.15, -0.1) is 0 Å². The first-order valence-electron chi connectivity index (χ1n) is 8.23. The predicted octanol–water partition coefficient (Wildman–Crippen LogP) is 3.32. The highest BCUT2D eigenvalue weighted by Gasteiger charge is 2.29. The number of nitrogens with zero attached hydrogens (tertiary/aromatic N) is 2. The molecule has 0 radical (unpaired) electrons. The third-order valence-electron chi connectivity index (χ3n) is 4.53. The molecule has 2 aromatic rings. The van der Waals surface area contributed by atoms with Crippen molar-refractivity contribution in [2.75, 3.05) is 13.2 Å². The molecule has 0 unspecified atom stereocenters. The van der Waals surface area contributed by atoms with Crippen molar-refractivity contribution in [3.8, 4) is 0 Å². The van der Waals surface area contributed by atoms with Crippen LogP contribution in [0.2, 0.25) is 0 Å². The van der Waals surface area contributed by atoms with Crippen molar-refractivity contribution in [1.82, 2.24) is 4.90 Å². The summed E-state index contributed by atoms with van der Waals surface area (Å²) in [5.74, 6) is 0.465. The van der Waals surface area contributed by atoms with Crippen molar-refractivity contribution in [3.63, 3.8) is 0 Å². The van der Waals surface area contributed by atoms with E-state index in [0.717, 1.165) is 12.8 Å². The van der Waals surface area contributed by atoms with Gasteiger partial charge in [0, 0.05) is 36.4 Å². The fraction of sp³-hybridized carbons (Fsp3) is 0.389. The summed E-state index contributed by atoms with van der Waals surface area (Å²) in [5.41, 5.74) is 0.692. The number of amides is 1. The van der Waals surface area contributed by atoms with E-state index >= 15 is 0 Å². The van der Waals surface area contributed by atoms with E-state index in [1.165, 1.54) is 6.07 Å². The lowest BCUT2D eigenvalue weighted by Crippen LogP contribution is -2.43. The molecule has 0 aliphatic carbocycles. The lowest BCUT2D eigenvalue weighted by atomic mass is 10.0. The number of ether oxygens (including phenoxy) is 1. The molecule has 7 nitrogen and oxygen atoms in total. The molecule has 0 bridgehead atoms. The van der Waals surface area contributed by atoms with Crippen molar-refractivity contribution in [1.29, 1.82) is 0 Å². The number of hydrogen-bond acceptors (Lipinski definition) is 5. The number of hydrogen-bond donors (Lipinski definition) is 0. The molecule has 1 aromatic heterocycles. The van der Waals surface area contributed by atoms with Crippen LogP contribution >= 0.6 is 0 Å². The smallest absolute Gasteiger partial charge is 0.273 e. The monoisotopic (exact) mass is 344 g/mol. The SMILES string of the molecule is Cc1c(C(=O)N(Cc2ccco2)C2CCOCC2)cccc1[N+](=O)[O-]. The summed E-state index contributed by atoms with van der Waals surface area (Å²) in [7, 11) is 0. The van der Waals surface area contributed by atoms with E-state index in [1.807, 2.05) is 6.07 Å². The first-order chi connectivity index (χ1) is 12.1. The third-order valence-corrected chi connectivity index (χ3v) is 4.53. The minimum absolute atomic E-state index is 0.0185. The molecule has 0 atom stereocenters. The number of benzene rings is 1. The van der Waals surface area contributed by atoms with Crippen LogP contribution in [0.15, 0.2) is 41.0 Å². The van der Waals surface area contributed by atoms with Crippen molar-refractivity contribution >= 4 is 11.6 Å². The van der Waals surface area contributed by atoms with Crippen molar-refractivity contribution < 1.29 is 18.9 Å². The van der Waals surface area contributed by atoms with Gasteiger partial charge in [0.05, 0.1) is 17.7 Å². The van der Waals surface area contributed by atoms with Gasteiger partial charge in [-0.05, 0) is 38.0 Å². The van der Waals surface area contributed by atoms with Crippen LogP contribution in [0.4, 0.5) is 5.69 Å². The zero-order valence-electron chi connectivity index (χ0n) is 14.0. The standard InChI is InChI=1S/C18H20N2O5/c1-13-16(5-2-6-17(13)20(22)23)18(21)19(12-15-4-3-9-25-15)14-7-10-24-11-8-14/h2-6,9,14H,7-8,10-12H2,1H3. The van der Waals surface area contributed by atoms with Crippen LogP contribution in [0.1, 0.15) is 34.5 Å². The summed E-state index contributed by atoms with van der Waals surface area (Å²) in [5, 5.41) is 11.2. The van der Waals surface area contributed by atoms with Gasteiger partial charge in [0.2, 0.25) is 0 Å². The molecule has 1 saturated heterocycles. The Labute approximate surface area is 145 Å². The van der Waals surface area contributed by atoms with E-state index in [2.05, 4.69) is 0 Å². The fourth-order valence-electron chi connectivity index (χ4n) is 3.14. The summed E-state index contributed by atoms with van der Waals surface area (Å²) in [4.78, 5) is 25.6. The molecule has 0 saturated carbocycles. The Bertz CT molecular complexity index is 751. The van der Waals surface area contributed by atoms with E-state index < -0.39 is 4.92 Å². The second kappa shape index (κ2) is 7.48. The normalized spacial score (nSPS) is 15.1. The van der Waals surface area contributed by atoms with E-state index in [9.17, 15) is 14.9 Å². The second-order valence-electron chi connectivity index (χ2n) is 6.06. The van der Waals surface area contributed by atoms with Gasteiger partial charge in [-0.25, -0.2) is 0 Å². The van der Waals surface area contributed by atoms with Crippen LogP contribution in [0.5, 0.6) is 0 Å². The summed E-state index contributed by atoms with van der Waals surface area (Å²) in [6.45, 7) is 3.14. The van der Waals surface area contributed by atoms with E-state index in [-0.39, 0.29) is 17.6 Å².